The number of phenolic OH excluding ortho intramolecular Hbond substituents is 1. The Balaban J connectivity index is 0.00000364. The molecule has 5 nitrogen and oxygen atoms in total. The predicted molar refractivity (Wildman–Crippen MR) is 117 cm³/mol. The minimum absolute atomic E-state index is 0. The number of hydrogen-bond donors (Lipinski definition) is 3. The van der Waals surface area contributed by atoms with Crippen LogP contribution in [0.2, 0.25) is 0 Å². The lowest BCUT2D eigenvalue weighted by molar-refractivity contribution is 0.336. The number of benzene rings is 2. The average molecular weight is 487 g/mol. The SMILES string of the molecule is CCNC(=NCc1ccc(O)c(F)c1)NCc1ccc(C)cc1OCC.I. The Morgan fingerprint density at radius 3 is 2.59 bits per heavy atom. The third-order valence-electron chi connectivity index (χ3n) is 3.74. The van der Waals surface area contributed by atoms with Gasteiger partial charge in [0.1, 0.15) is 5.75 Å². The Morgan fingerprint density at radius 2 is 1.93 bits per heavy atom. The maximum atomic E-state index is 13.4. The Morgan fingerprint density at radius 1 is 1.15 bits per heavy atom. The molecule has 0 saturated carbocycles. The largest absolute Gasteiger partial charge is 0.505 e. The fourth-order valence-electron chi connectivity index (χ4n) is 2.44. The first-order valence-corrected chi connectivity index (χ1v) is 8.75. The van der Waals surface area contributed by atoms with E-state index in [0.717, 1.165) is 16.9 Å². The second-order valence-corrected chi connectivity index (χ2v) is 5.88. The van der Waals surface area contributed by atoms with Gasteiger partial charge in [-0.05, 0) is 50.1 Å². The van der Waals surface area contributed by atoms with Gasteiger partial charge in [-0.15, -0.1) is 24.0 Å². The van der Waals surface area contributed by atoms with Crippen molar-refractivity contribution in [2.24, 2.45) is 4.99 Å². The molecule has 27 heavy (non-hydrogen) atoms. The third kappa shape index (κ3) is 7.24. The molecule has 0 fully saturated rings. The number of aromatic hydroxyl groups is 1. The van der Waals surface area contributed by atoms with E-state index in [2.05, 4.69) is 15.6 Å². The standard InChI is InChI=1S/C20H26FN3O2.HI/c1-4-22-20(23-12-15-7-9-18(25)17(21)11-15)24-13-16-8-6-14(3)10-19(16)26-5-2;/h6-11,25H,4-5,12-13H2,1-3H3,(H2,22,23,24);1H. The first-order valence-electron chi connectivity index (χ1n) is 8.75. The molecule has 0 bridgehead atoms. The van der Waals surface area contributed by atoms with Gasteiger partial charge < -0.3 is 20.5 Å². The van der Waals surface area contributed by atoms with E-state index in [4.69, 9.17) is 4.74 Å². The molecule has 0 amide bonds. The molecule has 0 heterocycles. The molecule has 2 aromatic rings. The van der Waals surface area contributed by atoms with Gasteiger partial charge in [0.15, 0.2) is 17.5 Å². The number of phenols is 1. The van der Waals surface area contributed by atoms with Crippen molar-refractivity contribution < 1.29 is 14.2 Å². The van der Waals surface area contributed by atoms with Gasteiger partial charge in [0.25, 0.3) is 0 Å². The van der Waals surface area contributed by atoms with Crippen LogP contribution in [0.4, 0.5) is 4.39 Å². The Bertz CT molecular complexity index is 769. The first-order chi connectivity index (χ1) is 12.5. The molecule has 148 valence electrons. The molecule has 2 rings (SSSR count). The predicted octanol–water partition coefficient (Wildman–Crippen LogP) is 4.11. The maximum Gasteiger partial charge on any atom is 0.191 e. The number of hydrogen-bond acceptors (Lipinski definition) is 3. The minimum atomic E-state index is -0.642. The van der Waals surface area contributed by atoms with E-state index in [1.54, 1.807) is 6.07 Å². The fourth-order valence-corrected chi connectivity index (χ4v) is 2.44. The van der Waals surface area contributed by atoms with Crippen LogP contribution in [0.5, 0.6) is 11.5 Å². The summed E-state index contributed by atoms with van der Waals surface area (Å²) in [5, 5.41) is 15.7. The van der Waals surface area contributed by atoms with Crippen LogP contribution >= 0.6 is 24.0 Å². The van der Waals surface area contributed by atoms with Gasteiger partial charge in [-0.3, -0.25) is 0 Å². The fraction of sp³-hybridized carbons (Fsp3) is 0.350. The average Bonchev–Trinajstić information content (AvgIpc) is 2.62. The van der Waals surface area contributed by atoms with Gasteiger partial charge in [-0.2, -0.15) is 0 Å². The molecule has 0 aliphatic heterocycles. The molecule has 0 spiro atoms. The zero-order chi connectivity index (χ0) is 18.9. The van der Waals surface area contributed by atoms with E-state index in [1.807, 2.05) is 39.0 Å². The summed E-state index contributed by atoms with van der Waals surface area (Å²) >= 11 is 0. The van der Waals surface area contributed by atoms with Crippen LogP contribution in [-0.2, 0) is 13.1 Å². The van der Waals surface area contributed by atoms with E-state index in [9.17, 15) is 9.50 Å². The van der Waals surface area contributed by atoms with Crippen LogP contribution in [0.25, 0.3) is 0 Å². The van der Waals surface area contributed by atoms with Crippen molar-refractivity contribution in [1.82, 2.24) is 10.6 Å². The van der Waals surface area contributed by atoms with Crippen molar-refractivity contribution in [1.29, 1.82) is 0 Å². The van der Waals surface area contributed by atoms with Crippen molar-refractivity contribution in [3.63, 3.8) is 0 Å². The smallest absolute Gasteiger partial charge is 0.191 e. The monoisotopic (exact) mass is 487 g/mol. The van der Waals surface area contributed by atoms with Gasteiger partial charge in [0, 0.05) is 18.7 Å². The molecule has 0 aromatic heterocycles. The van der Waals surface area contributed by atoms with Crippen molar-refractivity contribution in [2.45, 2.75) is 33.9 Å². The van der Waals surface area contributed by atoms with Crippen LogP contribution in [0.15, 0.2) is 41.4 Å². The second-order valence-electron chi connectivity index (χ2n) is 5.88. The minimum Gasteiger partial charge on any atom is -0.505 e. The molecular weight excluding hydrogens is 460 g/mol. The summed E-state index contributed by atoms with van der Waals surface area (Å²) in [6, 6.07) is 10.4. The molecule has 0 aliphatic carbocycles. The summed E-state index contributed by atoms with van der Waals surface area (Å²) in [5.74, 6) is 0.489. The maximum absolute atomic E-state index is 13.4. The summed E-state index contributed by atoms with van der Waals surface area (Å²) in [6.07, 6.45) is 0. The Kier molecular flexibility index (Phi) is 9.92. The topological polar surface area (TPSA) is 65.9 Å². The normalized spacial score (nSPS) is 10.9. The summed E-state index contributed by atoms with van der Waals surface area (Å²) in [4.78, 5) is 4.47. The number of nitrogens with one attached hydrogen (secondary N) is 2. The van der Waals surface area contributed by atoms with E-state index in [1.165, 1.54) is 12.1 Å². The highest BCUT2D eigenvalue weighted by atomic mass is 127. The van der Waals surface area contributed by atoms with E-state index >= 15 is 0 Å². The molecule has 0 atom stereocenters. The van der Waals surface area contributed by atoms with Gasteiger partial charge in [-0.1, -0.05) is 18.2 Å². The van der Waals surface area contributed by atoms with Crippen LogP contribution in [-0.4, -0.2) is 24.2 Å². The molecule has 0 radical (unpaired) electrons. The molecule has 0 unspecified atom stereocenters. The molecular formula is C20H27FIN3O2. The lowest BCUT2D eigenvalue weighted by Crippen LogP contribution is -2.36. The van der Waals surface area contributed by atoms with Gasteiger partial charge in [0.05, 0.1) is 13.2 Å². The summed E-state index contributed by atoms with van der Waals surface area (Å²) < 4.78 is 19.1. The van der Waals surface area contributed by atoms with Gasteiger partial charge in [0.2, 0.25) is 0 Å². The lowest BCUT2D eigenvalue weighted by atomic mass is 10.1. The number of aryl methyl sites for hydroxylation is 1. The highest BCUT2D eigenvalue weighted by Crippen LogP contribution is 2.20. The zero-order valence-corrected chi connectivity index (χ0v) is 18.2. The molecule has 7 heteroatoms. The van der Waals surface area contributed by atoms with Crippen molar-refractivity contribution in [2.75, 3.05) is 13.2 Å². The number of guanidine groups is 1. The number of rotatable bonds is 7. The highest BCUT2D eigenvalue weighted by molar-refractivity contribution is 14.0. The van der Waals surface area contributed by atoms with Crippen LogP contribution in [0.3, 0.4) is 0 Å². The molecule has 0 saturated heterocycles. The van der Waals surface area contributed by atoms with Crippen LogP contribution in [0, 0.1) is 12.7 Å². The quantitative estimate of drug-likeness (QED) is 0.313. The molecule has 0 aliphatic rings. The van der Waals surface area contributed by atoms with Crippen molar-refractivity contribution >= 4 is 29.9 Å². The van der Waals surface area contributed by atoms with E-state index in [-0.39, 0.29) is 29.7 Å². The van der Waals surface area contributed by atoms with E-state index < -0.39 is 5.82 Å². The zero-order valence-electron chi connectivity index (χ0n) is 15.9. The number of aliphatic imine (C=N–C) groups is 1. The Hall–Kier alpha value is -2.03. The number of ether oxygens (including phenoxy) is 1. The third-order valence-corrected chi connectivity index (χ3v) is 3.74. The van der Waals surface area contributed by atoms with E-state index in [0.29, 0.717) is 37.8 Å². The van der Waals surface area contributed by atoms with Crippen molar-refractivity contribution in [3.8, 4) is 11.5 Å². The first kappa shape index (κ1) is 23.0. The Labute approximate surface area is 177 Å². The van der Waals surface area contributed by atoms with Crippen molar-refractivity contribution in [3.05, 3.63) is 58.9 Å². The number of halogens is 2. The van der Waals surface area contributed by atoms with Crippen LogP contribution < -0.4 is 15.4 Å². The summed E-state index contributed by atoms with van der Waals surface area (Å²) in [5.41, 5.74) is 2.87. The molecule has 2 aromatic carbocycles. The number of nitrogens with zero attached hydrogens (tertiary/aromatic N) is 1. The van der Waals surface area contributed by atoms with Crippen LogP contribution in [0.1, 0.15) is 30.5 Å². The molecule has 3 N–H and O–H groups in total. The second kappa shape index (κ2) is 11.6. The lowest BCUT2D eigenvalue weighted by Gasteiger charge is -2.15. The van der Waals surface area contributed by atoms with Gasteiger partial charge >= 0.3 is 0 Å². The summed E-state index contributed by atoms with van der Waals surface area (Å²) in [6.45, 7) is 8.15. The summed E-state index contributed by atoms with van der Waals surface area (Å²) in [7, 11) is 0. The van der Waals surface area contributed by atoms with Gasteiger partial charge in [-0.25, -0.2) is 9.38 Å². The highest BCUT2D eigenvalue weighted by Gasteiger charge is 2.06.